The molecule has 0 aliphatic carbocycles. The van der Waals surface area contributed by atoms with E-state index in [-0.39, 0.29) is 0 Å². The first-order valence-electron chi connectivity index (χ1n) is 9.03. The van der Waals surface area contributed by atoms with Crippen LogP contribution in [0.3, 0.4) is 0 Å². The normalized spacial score (nSPS) is 22.8. The van der Waals surface area contributed by atoms with Crippen LogP contribution in [0.25, 0.3) is 0 Å². The van der Waals surface area contributed by atoms with Gasteiger partial charge in [0.05, 0.1) is 0 Å². The average molecular weight is 333 g/mol. The lowest BCUT2D eigenvalue weighted by Gasteiger charge is -2.33. The van der Waals surface area contributed by atoms with Gasteiger partial charge in [0.15, 0.2) is 0 Å². The summed E-state index contributed by atoms with van der Waals surface area (Å²) in [6.07, 6.45) is 0. The van der Waals surface area contributed by atoms with E-state index in [4.69, 9.17) is 15.0 Å². The maximum Gasteiger partial charge on any atom is 0.232 e. The number of hydrogen-bond acceptors (Lipinski definition) is 9. The minimum Gasteiger partial charge on any atom is -0.338 e. The van der Waals surface area contributed by atoms with Crippen molar-refractivity contribution in [1.29, 1.82) is 0 Å². The van der Waals surface area contributed by atoms with Crippen molar-refractivity contribution in [3.8, 4) is 0 Å². The Morgan fingerprint density at radius 2 is 0.708 bits per heavy atom. The molecule has 0 spiro atoms. The highest BCUT2D eigenvalue weighted by molar-refractivity contribution is 5.47. The SMILES string of the molecule is C1CN(c2nc(N3CCNCC3)nc(N3CCNCC3)n2)CCN1. The minimum absolute atomic E-state index is 0.827. The van der Waals surface area contributed by atoms with Crippen molar-refractivity contribution >= 4 is 17.8 Å². The van der Waals surface area contributed by atoms with Crippen LogP contribution in [0.2, 0.25) is 0 Å². The zero-order chi connectivity index (χ0) is 16.2. The molecule has 0 unspecified atom stereocenters. The number of nitrogens with zero attached hydrogens (tertiary/aromatic N) is 6. The zero-order valence-electron chi connectivity index (χ0n) is 14.2. The Morgan fingerprint density at radius 3 is 0.958 bits per heavy atom. The van der Waals surface area contributed by atoms with Gasteiger partial charge in [0.25, 0.3) is 0 Å². The molecular formula is C15H27N9. The molecule has 3 aliphatic heterocycles. The first-order valence-corrected chi connectivity index (χ1v) is 9.03. The first kappa shape index (κ1) is 15.8. The van der Waals surface area contributed by atoms with Gasteiger partial charge in [-0.1, -0.05) is 0 Å². The van der Waals surface area contributed by atoms with Crippen molar-refractivity contribution in [1.82, 2.24) is 30.9 Å². The Kier molecular flexibility index (Phi) is 4.91. The maximum atomic E-state index is 4.81. The second kappa shape index (κ2) is 7.45. The van der Waals surface area contributed by atoms with E-state index in [1.54, 1.807) is 0 Å². The van der Waals surface area contributed by atoms with Gasteiger partial charge in [0.2, 0.25) is 17.8 Å². The van der Waals surface area contributed by atoms with Crippen LogP contribution in [-0.2, 0) is 0 Å². The Labute approximate surface area is 142 Å². The summed E-state index contributed by atoms with van der Waals surface area (Å²) in [5.41, 5.74) is 0. The molecule has 4 heterocycles. The Bertz CT molecular complexity index is 445. The largest absolute Gasteiger partial charge is 0.338 e. The smallest absolute Gasteiger partial charge is 0.232 e. The summed E-state index contributed by atoms with van der Waals surface area (Å²) in [6.45, 7) is 11.6. The van der Waals surface area contributed by atoms with E-state index < -0.39 is 0 Å². The molecule has 0 amide bonds. The summed E-state index contributed by atoms with van der Waals surface area (Å²) in [5, 5.41) is 10.2. The molecule has 3 fully saturated rings. The Balaban J connectivity index is 1.63. The molecule has 9 nitrogen and oxygen atoms in total. The molecule has 0 bridgehead atoms. The zero-order valence-corrected chi connectivity index (χ0v) is 14.2. The third kappa shape index (κ3) is 3.52. The monoisotopic (exact) mass is 333 g/mol. The molecule has 0 aromatic carbocycles. The van der Waals surface area contributed by atoms with Crippen LogP contribution in [-0.4, -0.2) is 93.5 Å². The highest BCUT2D eigenvalue weighted by Crippen LogP contribution is 2.20. The second-order valence-corrected chi connectivity index (χ2v) is 6.45. The second-order valence-electron chi connectivity index (χ2n) is 6.45. The molecule has 0 atom stereocenters. The van der Waals surface area contributed by atoms with Crippen molar-refractivity contribution < 1.29 is 0 Å². The topological polar surface area (TPSA) is 84.5 Å². The predicted octanol–water partition coefficient (Wildman–Crippen LogP) is -1.90. The van der Waals surface area contributed by atoms with E-state index >= 15 is 0 Å². The summed E-state index contributed by atoms with van der Waals surface area (Å²) < 4.78 is 0. The van der Waals surface area contributed by atoms with E-state index in [0.29, 0.717) is 0 Å². The highest BCUT2D eigenvalue weighted by atomic mass is 15.4. The van der Waals surface area contributed by atoms with Crippen LogP contribution in [0.4, 0.5) is 17.8 Å². The first-order chi connectivity index (χ1) is 11.9. The summed E-state index contributed by atoms with van der Waals surface area (Å²) in [7, 11) is 0. The summed E-state index contributed by atoms with van der Waals surface area (Å²) >= 11 is 0. The molecule has 0 radical (unpaired) electrons. The Hall–Kier alpha value is -1.71. The highest BCUT2D eigenvalue weighted by Gasteiger charge is 2.22. The van der Waals surface area contributed by atoms with Crippen LogP contribution in [0.1, 0.15) is 0 Å². The van der Waals surface area contributed by atoms with E-state index in [1.165, 1.54) is 0 Å². The molecule has 132 valence electrons. The summed E-state index contributed by atoms with van der Waals surface area (Å²) in [5.74, 6) is 2.48. The lowest BCUT2D eigenvalue weighted by molar-refractivity contribution is 0.558. The van der Waals surface area contributed by atoms with Gasteiger partial charge in [-0.15, -0.1) is 0 Å². The molecule has 3 N–H and O–H groups in total. The number of anilines is 3. The lowest BCUT2D eigenvalue weighted by atomic mass is 10.3. The molecule has 24 heavy (non-hydrogen) atoms. The maximum absolute atomic E-state index is 4.81. The third-order valence-corrected chi connectivity index (χ3v) is 4.80. The van der Waals surface area contributed by atoms with Crippen molar-refractivity contribution in [2.45, 2.75) is 0 Å². The lowest BCUT2D eigenvalue weighted by Crippen LogP contribution is -2.47. The van der Waals surface area contributed by atoms with E-state index in [2.05, 4.69) is 30.7 Å². The molecular weight excluding hydrogens is 306 g/mol. The summed E-state index contributed by atoms with van der Waals surface area (Å²) in [4.78, 5) is 21.2. The van der Waals surface area contributed by atoms with Gasteiger partial charge in [0.1, 0.15) is 0 Å². The van der Waals surface area contributed by atoms with Crippen LogP contribution >= 0.6 is 0 Å². The number of aromatic nitrogens is 3. The fraction of sp³-hybridized carbons (Fsp3) is 0.800. The van der Waals surface area contributed by atoms with E-state index in [0.717, 1.165) is 96.4 Å². The molecule has 1 aromatic rings. The standard InChI is InChI=1S/C15H27N9/c1-7-22(8-2-16-1)13-19-14(23-9-3-17-4-10-23)21-15(20-13)24-11-5-18-6-12-24/h16-18H,1-12H2. The van der Waals surface area contributed by atoms with Crippen LogP contribution in [0, 0.1) is 0 Å². The molecule has 9 heteroatoms. The number of piperazine rings is 3. The van der Waals surface area contributed by atoms with Gasteiger partial charge < -0.3 is 30.7 Å². The van der Waals surface area contributed by atoms with Crippen LogP contribution in [0.5, 0.6) is 0 Å². The van der Waals surface area contributed by atoms with Crippen LogP contribution in [0.15, 0.2) is 0 Å². The molecule has 1 aromatic heterocycles. The van der Waals surface area contributed by atoms with Gasteiger partial charge >= 0.3 is 0 Å². The minimum atomic E-state index is 0.827. The van der Waals surface area contributed by atoms with Gasteiger partial charge in [-0.25, -0.2) is 0 Å². The molecule has 4 rings (SSSR count). The third-order valence-electron chi connectivity index (χ3n) is 4.80. The quantitative estimate of drug-likeness (QED) is 0.587. The van der Waals surface area contributed by atoms with Crippen LogP contribution < -0.4 is 30.7 Å². The van der Waals surface area contributed by atoms with E-state index in [9.17, 15) is 0 Å². The molecule has 3 aliphatic rings. The van der Waals surface area contributed by atoms with Gasteiger partial charge in [0, 0.05) is 78.5 Å². The molecule has 3 saturated heterocycles. The molecule has 0 saturated carbocycles. The van der Waals surface area contributed by atoms with Gasteiger partial charge in [-0.3, -0.25) is 0 Å². The Morgan fingerprint density at radius 1 is 0.458 bits per heavy atom. The fourth-order valence-corrected chi connectivity index (χ4v) is 3.36. The van der Waals surface area contributed by atoms with Gasteiger partial charge in [-0.2, -0.15) is 15.0 Å². The van der Waals surface area contributed by atoms with E-state index in [1.807, 2.05) is 0 Å². The fourth-order valence-electron chi connectivity index (χ4n) is 3.36. The summed E-state index contributed by atoms with van der Waals surface area (Å²) in [6, 6.07) is 0. The van der Waals surface area contributed by atoms with Crippen molar-refractivity contribution in [2.24, 2.45) is 0 Å². The predicted molar refractivity (Wildman–Crippen MR) is 95.1 cm³/mol. The number of rotatable bonds is 3. The van der Waals surface area contributed by atoms with Crippen molar-refractivity contribution in [3.63, 3.8) is 0 Å². The van der Waals surface area contributed by atoms with Crippen molar-refractivity contribution in [3.05, 3.63) is 0 Å². The van der Waals surface area contributed by atoms with Crippen molar-refractivity contribution in [2.75, 3.05) is 93.2 Å². The number of nitrogens with one attached hydrogen (secondary N) is 3. The van der Waals surface area contributed by atoms with Gasteiger partial charge in [-0.05, 0) is 0 Å². The average Bonchev–Trinajstić information content (AvgIpc) is 2.70. The number of hydrogen-bond donors (Lipinski definition) is 3.